The van der Waals surface area contributed by atoms with Gasteiger partial charge in [-0.25, -0.2) is 13.4 Å². The molecule has 1 N–H and O–H groups in total. The van der Waals surface area contributed by atoms with Crippen molar-refractivity contribution >= 4 is 42.6 Å². The second kappa shape index (κ2) is 10.9. The highest BCUT2D eigenvalue weighted by Crippen LogP contribution is 2.29. The van der Waals surface area contributed by atoms with Crippen LogP contribution in [0.1, 0.15) is 65.7 Å². The molecule has 1 aromatic heterocycles. The van der Waals surface area contributed by atoms with Crippen LogP contribution in [0.3, 0.4) is 0 Å². The largest absolute Gasteiger partial charge is 0.302 e. The molecular formula is C20H31N3O3S2. The number of anilines is 1. The van der Waals surface area contributed by atoms with E-state index in [1.165, 1.54) is 11.3 Å². The van der Waals surface area contributed by atoms with Gasteiger partial charge >= 0.3 is 0 Å². The molecule has 1 aromatic carbocycles. The summed E-state index contributed by atoms with van der Waals surface area (Å²) < 4.78 is 28.6. The number of hydrogen-bond donors (Lipinski definition) is 1. The average Bonchev–Trinajstić information content (AvgIpc) is 3.07. The van der Waals surface area contributed by atoms with Gasteiger partial charge in [0.1, 0.15) is 0 Å². The first-order valence-electron chi connectivity index (χ1n) is 10.1. The number of carbonyl (C=O) groups excluding carboxylic acids is 1. The molecule has 0 atom stereocenters. The van der Waals surface area contributed by atoms with Crippen molar-refractivity contribution in [1.29, 1.82) is 0 Å². The summed E-state index contributed by atoms with van der Waals surface area (Å²) in [5, 5.41) is 3.32. The number of sulfonamides is 1. The Kier molecular flexibility index (Phi) is 8.85. The lowest BCUT2D eigenvalue weighted by atomic mass is 10.2. The molecule has 0 fully saturated rings. The van der Waals surface area contributed by atoms with E-state index in [1.54, 1.807) is 22.5 Å². The summed E-state index contributed by atoms with van der Waals surface area (Å²) in [7, 11) is -3.54. The van der Waals surface area contributed by atoms with Crippen LogP contribution in [0.5, 0.6) is 0 Å². The normalized spacial score (nSPS) is 12.0. The van der Waals surface area contributed by atoms with E-state index in [0.29, 0.717) is 35.1 Å². The summed E-state index contributed by atoms with van der Waals surface area (Å²) in [5.74, 6) is -0.0564. The molecule has 2 aromatic rings. The third-order valence-electron chi connectivity index (χ3n) is 4.52. The number of rotatable bonds is 12. The summed E-state index contributed by atoms with van der Waals surface area (Å²) in [6, 6.07) is 5.01. The first-order chi connectivity index (χ1) is 13.4. The third kappa shape index (κ3) is 5.99. The van der Waals surface area contributed by atoms with Gasteiger partial charge in [-0.15, -0.1) is 0 Å². The summed E-state index contributed by atoms with van der Waals surface area (Å²) in [4.78, 5) is 16.6. The highest BCUT2D eigenvalue weighted by molar-refractivity contribution is 7.89. The third-order valence-corrected chi connectivity index (χ3v) is 7.35. The Morgan fingerprint density at radius 2 is 1.71 bits per heavy atom. The van der Waals surface area contributed by atoms with Crippen molar-refractivity contribution in [3.63, 3.8) is 0 Å². The Hall–Kier alpha value is -1.51. The fourth-order valence-electron chi connectivity index (χ4n) is 2.81. The van der Waals surface area contributed by atoms with Gasteiger partial charge in [0.15, 0.2) is 5.13 Å². The van der Waals surface area contributed by atoms with E-state index < -0.39 is 10.0 Å². The molecule has 6 nitrogen and oxygen atoms in total. The van der Waals surface area contributed by atoms with Crippen molar-refractivity contribution in [2.24, 2.45) is 0 Å². The number of amides is 1. The molecule has 2 rings (SSSR count). The predicted octanol–water partition coefficient (Wildman–Crippen LogP) is 5.02. The zero-order valence-corrected chi connectivity index (χ0v) is 18.7. The molecule has 0 aliphatic carbocycles. The van der Waals surface area contributed by atoms with Crippen LogP contribution in [-0.2, 0) is 14.8 Å². The van der Waals surface area contributed by atoms with Gasteiger partial charge in [0.05, 0.1) is 15.1 Å². The molecule has 0 spiro atoms. The Balaban J connectivity index is 2.24. The lowest BCUT2D eigenvalue weighted by Crippen LogP contribution is -2.33. The van der Waals surface area contributed by atoms with Gasteiger partial charge in [0, 0.05) is 19.5 Å². The van der Waals surface area contributed by atoms with Crippen molar-refractivity contribution in [2.75, 3.05) is 18.4 Å². The Bertz CT molecular complexity index is 870. The maximum Gasteiger partial charge on any atom is 0.243 e. The van der Waals surface area contributed by atoms with Crippen LogP contribution < -0.4 is 5.32 Å². The van der Waals surface area contributed by atoms with Crippen molar-refractivity contribution in [3.8, 4) is 0 Å². The maximum atomic E-state index is 13.1. The van der Waals surface area contributed by atoms with Gasteiger partial charge < -0.3 is 5.32 Å². The van der Waals surface area contributed by atoms with E-state index in [4.69, 9.17) is 0 Å². The number of benzene rings is 1. The lowest BCUT2D eigenvalue weighted by molar-refractivity contribution is -0.116. The van der Waals surface area contributed by atoms with Crippen LogP contribution in [-0.4, -0.2) is 36.7 Å². The van der Waals surface area contributed by atoms with E-state index in [9.17, 15) is 13.2 Å². The molecule has 0 aliphatic heterocycles. The summed E-state index contributed by atoms with van der Waals surface area (Å²) in [6.45, 7) is 7.24. The molecule has 8 heteroatoms. The highest BCUT2D eigenvalue weighted by atomic mass is 32.2. The minimum absolute atomic E-state index is 0.0564. The molecule has 0 unspecified atom stereocenters. The van der Waals surface area contributed by atoms with Crippen molar-refractivity contribution in [2.45, 2.75) is 70.6 Å². The summed E-state index contributed by atoms with van der Waals surface area (Å²) in [5.41, 5.74) is 0.698. The van der Waals surface area contributed by atoms with Gasteiger partial charge in [-0.05, 0) is 37.5 Å². The monoisotopic (exact) mass is 425 g/mol. The van der Waals surface area contributed by atoms with E-state index in [0.717, 1.165) is 43.2 Å². The van der Waals surface area contributed by atoms with Crippen LogP contribution in [0.25, 0.3) is 10.2 Å². The van der Waals surface area contributed by atoms with Gasteiger partial charge in [-0.2, -0.15) is 4.31 Å². The quantitative estimate of drug-likeness (QED) is 0.518. The van der Waals surface area contributed by atoms with Gasteiger partial charge in [-0.1, -0.05) is 51.4 Å². The minimum atomic E-state index is -3.54. The zero-order valence-electron chi connectivity index (χ0n) is 17.0. The number of hydrogen-bond acceptors (Lipinski definition) is 5. The Morgan fingerprint density at radius 3 is 2.32 bits per heavy atom. The van der Waals surface area contributed by atoms with Gasteiger partial charge in [-0.3, -0.25) is 4.79 Å². The molecule has 0 bridgehead atoms. The predicted molar refractivity (Wildman–Crippen MR) is 116 cm³/mol. The number of nitrogens with one attached hydrogen (secondary N) is 1. The van der Waals surface area contributed by atoms with Crippen molar-refractivity contribution in [3.05, 3.63) is 18.2 Å². The summed E-state index contributed by atoms with van der Waals surface area (Å²) >= 11 is 1.31. The van der Waals surface area contributed by atoms with Gasteiger partial charge in [0.2, 0.25) is 15.9 Å². The number of fused-ring (bicyclic) bond motifs is 1. The number of unbranched alkanes of at least 4 members (excludes halogenated alkanes) is 3. The second-order valence-corrected chi connectivity index (χ2v) is 9.88. The van der Waals surface area contributed by atoms with Crippen LogP contribution >= 0.6 is 11.3 Å². The standard InChI is InChI=1S/C20H31N3O3S2/c1-4-7-10-19(24)22-20-21-17-12-11-16(15-18(17)27-20)28(25,26)23(13-8-5-2)14-9-6-3/h11-12,15H,4-10,13-14H2,1-3H3,(H,21,22,24). The topological polar surface area (TPSA) is 79.4 Å². The first kappa shape index (κ1) is 22.8. The SMILES string of the molecule is CCCCC(=O)Nc1nc2ccc(S(=O)(=O)N(CCCC)CCCC)cc2s1. The van der Waals surface area contributed by atoms with E-state index in [1.807, 2.05) is 6.92 Å². The lowest BCUT2D eigenvalue weighted by Gasteiger charge is -2.21. The van der Waals surface area contributed by atoms with Crippen LogP contribution in [0.4, 0.5) is 5.13 Å². The summed E-state index contributed by atoms with van der Waals surface area (Å²) in [6.07, 6.45) is 5.86. The number of aromatic nitrogens is 1. The van der Waals surface area contributed by atoms with E-state index >= 15 is 0 Å². The van der Waals surface area contributed by atoms with Crippen molar-refractivity contribution in [1.82, 2.24) is 9.29 Å². The Morgan fingerprint density at radius 1 is 1.07 bits per heavy atom. The fraction of sp³-hybridized carbons (Fsp3) is 0.600. The molecule has 1 heterocycles. The molecule has 0 saturated carbocycles. The van der Waals surface area contributed by atoms with Crippen LogP contribution in [0, 0.1) is 0 Å². The average molecular weight is 426 g/mol. The van der Waals surface area contributed by atoms with E-state index in [-0.39, 0.29) is 5.91 Å². The van der Waals surface area contributed by atoms with Crippen LogP contribution in [0.15, 0.2) is 23.1 Å². The molecular weight excluding hydrogens is 394 g/mol. The number of nitrogens with zero attached hydrogens (tertiary/aromatic N) is 2. The smallest absolute Gasteiger partial charge is 0.243 e. The molecule has 0 aliphatic rings. The minimum Gasteiger partial charge on any atom is -0.302 e. The first-order valence-corrected chi connectivity index (χ1v) is 12.4. The zero-order chi connectivity index (χ0) is 20.6. The van der Waals surface area contributed by atoms with E-state index in [2.05, 4.69) is 24.1 Å². The molecule has 28 heavy (non-hydrogen) atoms. The highest BCUT2D eigenvalue weighted by Gasteiger charge is 2.24. The molecule has 1 amide bonds. The molecule has 156 valence electrons. The van der Waals surface area contributed by atoms with Crippen molar-refractivity contribution < 1.29 is 13.2 Å². The second-order valence-electron chi connectivity index (χ2n) is 6.91. The fourth-order valence-corrected chi connectivity index (χ4v) is 5.35. The van der Waals surface area contributed by atoms with Crippen LogP contribution in [0.2, 0.25) is 0 Å². The number of carbonyl (C=O) groups is 1. The molecule has 0 radical (unpaired) electrons. The van der Waals surface area contributed by atoms with Gasteiger partial charge in [0.25, 0.3) is 0 Å². The maximum absolute atomic E-state index is 13.1. The Labute approximate surface area is 172 Å². The number of thiazole rings is 1. The molecule has 0 saturated heterocycles.